The third-order valence-corrected chi connectivity index (χ3v) is 4.08. The number of ether oxygens (including phenoxy) is 1. The molecule has 2 N–H and O–H groups in total. The minimum Gasteiger partial charge on any atom is -0.496 e. The van der Waals surface area contributed by atoms with Gasteiger partial charge in [0.1, 0.15) is 23.2 Å². The first-order valence-corrected chi connectivity index (χ1v) is 8.67. The summed E-state index contributed by atoms with van der Waals surface area (Å²) in [5.74, 6) is 3.06. The molecule has 0 atom stereocenters. The average Bonchev–Trinajstić information content (AvgIpc) is 2.60. The van der Waals surface area contributed by atoms with Gasteiger partial charge in [-0.1, -0.05) is 40.2 Å². The van der Waals surface area contributed by atoms with Crippen LogP contribution in [-0.4, -0.2) is 17.1 Å². The van der Waals surface area contributed by atoms with E-state index < -0.39 is 0 Å². The molecule has 3 rings (SSSR count). The van der Waals surface area contributed by atoms with Crippen LogP contribution in [0.4, 0.5) is 17.3 Å². The summed E-state index contributed by atoms with van der Waals surface area (Å²) >= 11 is 3.47. The number of aromatic nitrogens is 2. The van der Waals surface area contributed by atoms with E-state index in [-0.39, 0.29) is 0 Å². The van der Waals surface area contributed by atoms with Gasteiger partial charge in [-0.2, -0.15) is 0 Å². The number of halogens is 1. The van der Waals surface area contributed by atoms with Gasteiger partial charge in [0, 0.05) is 28.3 Å². The summed E-state index contributed by atoms with van der Waals surface area (Å²) in [5.41, 5.74) is 2.03. The molecule has 1 heterocycles. The van der Waals surface area contributed by atoms with E-state index >= 15 is 0 Å². The monoisotopic (exact) mass is 398 g/mol. The second-order valence-corrected chi connectivity index (χ2v) is 6.40. The van der Waals surface area contributed by atoms with E-state index in [2.05, 4.69) is 36.5 Å². The molecule has 0 aliphatic rings. The van der Waals surface area contributed by atoms with Crippen LogP contribution < -0.4 is 15.4 Å². The number of hydrogen-bond acceptors (Lipinski definition) is 5. The lowest BCUT2D eigenvalue weighted by Gasteiger charge is -2.12. The Kier molecular flexibility index (Phi) is 5.50. The van der Waals surface area contributed by atoms with Gasteiger partial charge in [-0.15, -0.1) is 0 Å². The van der Waals surface area contributed by atoms with Gasteiger partial charge in [-0.05, 0) is 31.2 Å². The molecule has 0 bridgehead atoms. The molecular weight excluding hydrogens is 380 g/mol. The molecule has 0 aliphatic heterocycles. The molecule has 0 aliphatic carbocycles. The van der Waals surface area contributed by atoms with Crippen molar-refractivity contribution in [3.8, 4) is 5.75 Å². The Morgan fingerprint density at radius 3 is 2.60 bits per heavy atom. The molecule has 0 saturated heterocycles. The SMILES string of the molecule is COc1ccccc1CNc1cc(Nc2cccc(Br)c2)nc(C)n1. The van der Waals surface area contributed by atoms with E-state index in [1.165, 1.54) is 0 Å². The molecule has 1 aromatic heterocycles. The maximum absolute atomic E-state index is 5.38. The number of methoxy groups -OCH3 is 1. The average molecular weight is 399 g/mol. The van der Waals surface area contributed by atoms with Gasteiger partial charge < -0.3 is 15.4 Å². The van der Waals surface area contributed by atoms with Crippen molar-refractivity contribution < 1.29 is 4.74 Å². The van der Waals surface area contributed by atoms with Crippen LogP contribution >= 0.6 is 15.9 Å². The first kappa shape index (κ1) is 17.2. The Morgan fingerprint density at radius 2 is 1.80 bits per heavy atom. The Bertz CT molecular complexity index is 870. The molecule has 25 heavy (non-hydrogen) atoms. The van der Waals surface area contributed by atoms with Crippen LogP contribution in [0.3, 0.4) is 0 Å². The van der Waals surface area contributed by atoms with Crippen molar-refractivity contribution in [2.24, 2.45) is 0 Å². The fraction of sp³-hybridized carbons (Fsp3) is 0.158. The molecular formula is C19H19BrN4O. The zero-order valence-corrected chi connectivity index (χ0v) is 15.7. The summed E-state index contributed by atoms with van der Waals surface area (Å²) in [5, 5.41) is 6.63. The van der Waals surface area contributed by atoms with Gasteiger partial charge in [0.05, 0.1) is 7.11 Å². The summed E-state index contributed by atoms with van der Waals surface area (Å²) < 4.78 is 6.39. The van der Waals surface area contributed by atoms with Crippen LogP contribution in [0, 0.1) is 6.92 Å². The first-order valence-electron chi connectivity index (χ1n) is 7.88. The molecule has 5 nitrogen and oxygen atoms in total. The zero-order chi connectivity index (χ0) is 17.6. The van der Waals surface area contributed by atoms with Crippen molar-refractivity contribution in [1.29, 1.82) is 0 Å². The largest absolute Gasteiger partial charge is 0.496 e. The smallest absolute Gasteiger partial charge is 0.136 e. The number of para-hydroxylation sites is 1. The first-order chi connectivity index (χ1) is 12.1. The predicted molar refractivity (Wildman–Crippen MR) is 105 cm³/mol. The summed E-state index contributed by atoms with van der Waals surface area (Å²) in [6.07, 6.45) is 0. The second-order valence-electron chi connectivity index (χ2n) is 5.49. The van der Waals surface area contributed by atoms with Gasteiger partial charge in [-0.25, -0.2) is 9.97 Å². The molecule has 0 amide bonds. The van der Waals surface area contributed by atoms with E-state index in [1.807, 2.05) is 61.5 Å². The maximum Gasteiger partial charge on any atom is 0.136 e. The van der Waals surface area contributed by atoms with Crippen molar-refractivity contribution in [3.63, 3.8) is 0 Å². The number of nitrogens with one attached hydrogen (secondary N) is 2. The Balaban J connectivity index is 1.75. The highest BCUT2D eigenvalue weighted by Crippen LogP contribution is 2.22. The van der Waals surface area contributed by atoms with Crippen molar-refractivity contribution in [2.75, 3.05) is 17.7 Å². The minimum absolute atomic E-state index is 0.622. The van der Waals surface area contributed by atoms with Crippen LogP contribution in [-0.2, 0) is 6.54 Å². The predicted octanol–water partition coefficient (Wildman–Crippen LogP) is 4.91. The highest BCUT2D eigenvalue weighted by Gasteiger charge is 2.05. The summed E-state index contributed by atoms with van der Waals surface area (Å²) in [6.45, 7) is 2.50. The quantitative estimate of drug-likeness (QED) is 0.617. The van der Waals surface area contributed by atoms with E-state index in [0.29, 0.717) is 12.4 Å². The van der Waals surface area contributed by atoms with Crippen LogP contribution in [0.25, 0.3) is 0 Å². The Hall–Kier alpha value is -2.60. The normalized spacial score (nSPS) is 10.4. The van der Waals surface area contributed by atoms with E-state index in [0.717, 1.165) is 33.1 Å². The molecule has 0 fully saturated rings. The summed E-state index contributed by atoms with van der Waals surface area (Å²) in [7, 11) is 1.67. The molecule has 3 aromatic rings. The van der Waals surface area contributed by atoms with Crippen molar-refractivity contribution in [1.82, 2.24) is 9.97 Å². The van der Waals surface area contributed by atoms with Crippen molar-refractivity contribution in [3.05, 3.63) is 70.5 Å². The van der Waals surface area contributed by atoms with Crippen molar-refractivity contribution >= 4 is 33.3 Å². The molecule has 0 unspecified atom stereocenters. The van der Waals surface area contributed by atoms with Gasteiger partial charge in [0.2, 0.25) is 0 Å². The van der Waals surface area contributed by atoms with Gasteiger partial charge in [0.15, 0.2) is 0 Å². The number of aryl methyl sites for hydroxylation is 1. The minimum atomic E-state index is 0.622. The molecule has 2 aromatic carbocycles. The summed E-state index contributed by atoms with van der Waals surface area (Å²) in [4.78, 5) is 8.90. The van der Waals surface area contributed by atoms with Gasteiger partial charge >= 0.3 is 0 Å². The second kappa shape index (κ2) is 7.98. The number of benzene rings is 2. The van der Waals surface area contributed by atoms with Gasteiger partial charge in [-0.3, -0.25) is 0 Å². The molecule has 0 saturated carbocycles. The zero-order valence-electron chi connectivity index (χ0n) is 14.1. The topological polar surface area (TPSA) is 59.1 Å². The molecule has 128 valence electrons. The molecule has 6 heteroatoms. The van der Waals surface area contributed by atoms with Gasteiger partial charge in [0.25, 0.3) is 0 Å². The lowest BCUT2D eigenvalue weighted by Crippen LogP contribution is -2.06. The highest BCUT2D eigenvalue weighted by molar-refractivity contribution is 9.10. The fourth-order valence-corrected chi connectivity index (χ4v) is 2.87. The van der Waals surface area contributed by atoms with Crippen LogP contribution in [0.2, 0.25) is 0 Å². The number of rotatable bonds is 6. The van der Waals surface area contributed by atoms with E-state index in [4.69, 9.17) is 4.74 Å². The van der Waals surface area contributed by atoms with Crippen molar-refractivity contribution in [2.45, 2.75) is 13.5 Å². The van der Waals surface area contributed by atoms with Crippen LogP contribution in [0.5, 0.6) is 5.75 Å². The third kappa shape index (κ3) is 4.70. The Morgan fingerprint density at radius 1 is 1.00 bits per heavy atom. The number of nitrogens with zero attached hydrogens (tertiary/aromatic N) is 2. The highest BCUT2D eigenvalue weighted by atomic mass is 79.9. The summed E-state index contributed by atoms with van der Waals surface area (Å²) in [6, 6.07) is 17.8. The third-order valence-electron chi connectivity index (χ3n) is 3.59. The number of anilines is 3. The van der Waals surface area contributed by atoms with E-state index in [1.54, 1.807) is 7.11 Å². The van der Waals surface area contributed by atoms with Crippen LogP contribution in [0.15, 0.2) is 59.1 Å². The van der Waals surface area contributed by atoms with E-state index in [9.17, 15) is 0 Å². The standard InChI is InChI=1S/C19H19BrN4O/c1-13-22-18(21-12-14-6-3-4-9-17(14)25-2)11-19(23-13)24-16-8-5-7-15(20)10-16/h3-11H,12H2,1-2H3,(H2,21,22,23,24). The molecule has 0 radical (unpaired) electrons. The lowest BCUT2D eigenvalue weighted by molar-refractivity contribution is 0.410. The maximum atomic E-state index is 5.38. The van der Waals surface area contributed by atoms with Crippen LogP contribution in [0.1, 0.15) is 11.4 Å². The Labute approximate surface area is 155 Å². The lowest BCUT2D eigenvalue weighted by atomic mass is 10.2. The number of hydrogen-bond donors (Lipinski definition) is 2. The fourth-order valence-electron chi connectivity index (χ4n) is 2.47. The molecule has 0 spiro atoms.